The Balaban J connectivity index is 1.89. The van der Waals surface area contributed by atoms with Crippen LogP contribution >= 0.6 is 23.2 Å². The number of amides is 1. The van der Waals surface area contributed by atoms with Gasteiger partial charge in [0, 0.05) is 42.2 Å². The Bertz CT molecular complexity index is 1140. The van der Waals surface area contributed by atoms with Crippen LogP contribution in [0.4, 0.5) is 11.4 Å². The van der Waals surface area contributed by atoms with Crippen LogP contribution in [0.1, 0.15) is 44.6 Å². The van der Waals surface area contributed by atoms with Crippen LogP contribution in [0.25, 0.3) is 0 Å². The van der Waals surface area contributed by atoms with Crippen molar-refractivity contribution in [2.75, 3.05) is 4.90 Å². The molecule has 1 aliphatic heterocycles. The van der Waals surface area contributed by atoms with Crippen molar-refractivity contribution in [1.29, 1.82) is 0 Å². The largest absolute Gasteiger partial charge is 0.294 e. The zero-order chi connectivity index (χ0) is 22.5. The minimum Gasteiger partial charge on any atom is -0.294 e. The van der Waals surface area contributed by atoms with Crippen LogP contribution in [0, 0.1) is 15.5 Å². The Labute approximate surface area is 189 Å². The predicted octanol–water partition coefficient (Wildman–Crippen LogP) is 6.07. The Morgan fingerprint density at radius 1 is 1.06 bits per heavy atom. The number of carbonyl (C=O) groups excluding carboxylic acids is 2. The van der Waals surface area contributed by atoms with E-state index < -0.39 is 10.8 Å². The van der Waals surface area contributed by atoms with Crippen LogP contribution in [-0.2, 0) is 9.59 Å². The van der Waals surface area contributed by atoms with E-state index >= 15 is 0 Å². The minimum absolute atomic E-state index is 0.0229. The fourth-order valence-corrected chi connectivity index (χ4v) is 4.85. The first-order valence-electron chi connectivity index (χ1n) is 9.86. The first-order chi connectivity index (χ1) is 14.6. The smallest absolute Gasteiger partial charge is 0.269 e. The SMILES string of the molecule is CC1(C)CC(=O)C2=C(C1)N(c1cccc(Cl)c1Cl)C(=O)CC2c1ccc([N+](=O)[O-])cc1. The van der Waals surface area contributed by atoms with Gasteiger partial charge in [-0.1, -0.05) is 55.2 Å². The molecule has 0 saturated carbocycles. The highest BCUT2D eigenvalue weighted by Crippen LogP contribution is 2.49. The van der Waals surface area contributed by atoms with Crippen molar-refractivity contribution in [1.82, 2.24) is 0 Å². The van der Waals surface area contributed by atoms with Gasteiger partial charge in [-0.05, 0) is 29.5 Å². The normalized spacial score (nSPS) is 20.6. The molecule has 8 heteroatoms. The highest BCUT2D eigenvalue weighted by Gasteiger charge is 2.44. The molecular weight excluding hydrogens is 439 g/mol. The molecule has 0 bridgehead atoms. The molecule has 1 amide bonds. The van der Waals surface area contributed by atoms with E-state index in [1.807, 2.05) is 13.8 Å². The van der Waals surface area contributed by atoms with Crippen LogP contribution in [0.3, 0.4) is 0 Å². The number of allylic oxidation sites excluding steroid dienone is 2. The second kappa shape index (κ2) is 7.77. The number of nitro benzene ring substituents is 1. The zero-order valence-corrected chi connectivity index (χ0v) is 18.5. The average molecular weight is 459 g/mol. The standard InChI is InChI=1S/C23H20Cl2N2O4/c1-23(2)11-18-21(19(28)12-23)15(13-6-8-14(9-7-13)27(30)31)10-20(29)26(18)17-5-3-4-16(24)22(17)25/h3-9,15H,10-12H2,1-2H3. The maximum absolute atomic E-state index is 13.4. The monoisotopic (exact) mass is 458 g/mol. The lowest BCUT2D eigenvalue weighted by atomic mass is 9.69. The number of carbonyl (C=O) groups is 2. The number of Topliss-reactive ketones (excluding diaryl/α,β-unsaturated/α-hetero) is 1. The maximum Gasteiger partial charge on any atom is 0.269 e. The number of benzene rings is 2. The van der Waals surface area contributed by atoms with Crippen LogP contribution in [0.15, 0.2) is 53.7 Å². The molecule has 2 aromatic rings. The fourth-order valence-electron chi connectivity index (χ4n) is 4.47. The highest BCUT2D eigenvalue weighted by molar-refractivity contribution is 6.44. The van der Waals surface area contributed by atoms with E-state index in [1.54, 1.807) is 30.3 Å². The van der Waals surface area contributed by atoms with Gasteiger partial charge in [0.05, 0.1) is 20.7 Å². The molecule has 0 N–H and O–H groups in total. The Morgan fingerprint density at radius 2 is 1.74 bits per heavy atom. The second-order valence-electron chi connectivity index (χ2n) is 8.71. The van der Waals surface area contributed by atoms with Crippen molar-refractivity contribution in [3.8, 4) is 0 Å². The molecule has 2 aromatic carbocycles. The summed E-state index contributed by atoms with van der Waals surface area (Å²) in [5.41, 5.74) is 2.00. The molecule has 1 unspecified atom stereocenters. The van der Waals surface area contributed by atoms with Gasteiger partial charge in [0.1, 0.15) is 0 Å². The number of hydrogen-bond donors (Lipinski definition) is 0. The summed E-state index contributed by atoms with van der Waals surface area (Å²) in [6, 6.07) is 11.1. The number of rotatable bonds is 3. The lowest BCUT2D eigenvalue weighted by Crippen LogP contribution is -2.43. The first kappa shape index (κ1) is 21.5. The molecule has 0 spiro atoms. The van der Waals surface area contributed by atoms with Crippen LogP contribution < -0.4 is 4.90 Å². The van der Waals surface area contributed by atoms with E-state index in [1.165, 1.54) is 17.0 Å². The summed E-state index contributed by atoms with van der Waals surface area (Å²) in [5, 5.41) is 11.6. The number of hydrogen-bond acceptors (Lipinski definition) is 4. The molecule has 31 heavy (non-hydrogen) atoms. The van der Waals surface area contributed by atoms with Crippen LogP contribution in [0.5, 0.6) is 0 Å². The summed E-state index contributed by atoms with van der Waals surface area (Å²) in [6.45, 7) is 3.98. The minimum atomic E-state index is -0.475. The molecular formula is C23H20Cl2N2O4. The van der Waals surface area contributed by atoms with E-state index in [-0.39, 0.29) is 34.2 Å². The maximum atomic E-state index is 13.4. The second-order valence-corrected chi connectivity index (χ2v) is 9.49. The Kier molecular flexibility index (Phi) is 5.40. The lowest BCUT2D eigenvalue weighted by Gasteiger charge is -2.43. The number of halogens is 2. The lowest BCUT2D eigenvalue weighted by molar-refractivity contribution is -0.384. The van der Waals surface area contributed by atoms with Gasteiger partial charge in [-0.15, -0.1) is 0 Å². The van der Waals surface area contributed by atoms with Gasteiger partial charge in [0.25, 0.3) is 5.69 Å². The number of anilines is 1. The van der Waals surface area contributed by atoms with E-state index in [0.717, 1.165) is 0 Å². The van der Waals surface area contributed by atoms with Gasteiger partial charge >= 0.3 is 0 Å². The molecule has 0 fully saturated rings. The topological polar surface area (TPSA) is 80.5 Å². The van der Waals surface area contributed by atoms with Crippen molar-refractivity contribution in [3.63, 3.8) is 0 Å². The van der Waals surface area contributed by atoms with E-state index in [2.05, 4.69) is 0 Å². The third-order valence-electron chi connectivity index (χ3n) is 5.82. The fraction of sp³-hybridized carbons (Fsp3) is 0.304. The molecule has 1 heterocycles. The average Bonchev–Trinajstić information content (AvgIpc) is 2.69. The molecule has 4 rings (SSSR count). The Morgan fingerprint density at radius 3 is 2.39 bits per heavy atom. The zero-order valence-electron chi connectivity index (χ0n) is 17.0. The first-order valence-corrected chi connectivity index (χ1v) is 10.6. The molecule has 160 valence electrons. The molecule has 2 aliphatic rings. The van der Waals surface area contributed by atoms with E-state index in [0.29, 0.717) is 40.4 Å². The predicted molar refractivity (Wildman–Crippen MR) is 119 cm³/mol. The van der Waals surface area contributed by atoms with Crippen molar-refractivity contribution in [2.45, 2.75) is 39.0 Å². The molecule has 0 radical (unpaired) electrons. The van der Waals surface area contributed by atoms with E-state index in [4.69, 9.17) is 23.2 Å². The third kappa shape index (κ3) is 3.86. The summed E-state index contributed by atoms with van der Waals surface area (Å²) in [5.74, 6) is -0.678. The Hall–Kier alpha value is -2.70. The van der Waals surface area contributed by atoms with Crippen LogP contribution in [0.2, 0.25) is 10.0 Å². The molecule has 1 atom stereocenters. The number of nitro groups is 1. The molecule has 6 nitrogen and oxygen atoms in total. The van der Waals surface area contributed by atoms with E-state index in [9.17, 15) is 19.7 Å². The number of nitrogens with zero attached hydrogens (tertiary/aromatic N) is 2. The van der Waals surface area contributed by atoms with Gasteiger partial charge in [-0.25, -0.2) is 0 Å². The van der Waals surface area contributed by atoms with Gasteiger partial charge in [0.15, 0.2) is 5.78 Å². The van der Waals surface area contributed by atoms with Crippen molar-refractivity contribution >= 4 is 46.3 Å². The summed E-state index contributed by atoms with van der Waals surface area (Å²) in [4.78, 5) is 38.7. The van der Waals surface area contributed by atoms with Crippen molar-refractivity contribution in [3.05, 3.63) is 79.5 Å². The molecule has 0 saturated heterocycles. The quantitative estimate of drug-likeness (QED) is 0.413. The highest BCUT2D eigenvalue weighted by atomic mass is 35.5. The summed E-state index contributed by atoms with van der Waals surface area (Å²) in [6.07, 6.45) is 0.943. The van der Waals surface area contributed by atoms with Gasteiger partial charge in [-0.2, -0.15) is 0 Å². The number of non-ortho nitro benzene ring substituents is 1. The summed E-state index contributed by atoms with van der Waals surface area (Å²) >= 11 is 12.6. The third-order valence-corrected chi connectivity index (χ3v) is 6.63. The summed E-state index contributed by atoms with van der Waals surface area (Å²) < 4.78 is 0. The van der Waals surface area contributed by atoms with Gasteiger partial charge < -0.3 is 0 Å². The van der Waals surface area contributed by atoms with Crippen molar-refractivity contribution in [2.24, 2.45) is 5.41 Å². The number of ketones is 1. The van der Waals surface area contributed by atoms with Gasteiger partial charge in [0.2, 0.25) is 5.91 Å². The van der Waals surface area contributed by atoms with Crippen molar-refractivity contribution < 1.29 is 14.5 Å². The molecule has 0 aromatic heterocycles. The molecule has 1 aliphatic carbocycles. The van der Waals surface area contributed by atoms with Crippen LogP contribution in [-0.4, -0.2) is 16.6 Å². The summed E-state index contributed by atoms with van der Waals surface area (Å²) in [7, 11) is 0. The van der Waals surface area contributed by atoms with Gasteiger partial charge in [-0.3, -0.25) is 24.6 Å².